The molecule has 1 saturated heterocycles. The van der Waals surface area contributed by atoms with E-state index in [0.717, 1.165) is 30.1 Å². The largest absolute Gasteiger partial charge is 0.490 e. The molecule has 0 radical (unpaired) electrons. The van der Waals surface area contributed by atoms with E-state index in [0.29, 0.717) is 5.17 Å². The molecule has 0 aliphatic carbocycles. The van der Waals surface area contributed by atoms with E-state index in [1.165, 1.54) is 7.11 Å². The number of hydrogen-bond acceptors (Lipinski definition) is 7. The van der Waals surface area contributed by atoms with Gasteiger partial charge in [-0.05, 0) is 0 Å². The van der Waals surface area contributed by atoms with E-state index in [2.05, 4.69) is 15.5 Å². The van der Waals surface area contributed by atoms with Crippen LogP contribution >= 0.6 is 11.8 Å². The van der Waals surface area contributed by atoms with Crippen LogP contribution in [0.15, 0.2) is 22.3 Å². The molecule has 21 heavy (non-hydrogen) atoms. The standard InChI is InChI=1S/C11H9FN4O4S/c1-20-9-3-7(12)6(2-8(9)16(18)19)4-13-15-11-14-10(17)5-21-11/h2-4H,5H2,1H3,(H,14,15,17). The quantitative estimate of drug-likeness (QED) is 0.512. The average molecular weight is 312 g/mol. The van der Waals surface area contributed by atoms with Crippen LogP contribution in [0, 0.1) is 15.9 Å². The van der Waals surface area contributed by atoms with Gasteiger partial charge in [0, 0.05) is 17.7 Å². The molecule has 1 aromatic carbocycles. The maximum atomic E-state index is 13.7. The van der Waals surface area contributed by atoms with Crippen LogP contribution in [0.1, 0.15) is 5.56 Å². The number of amides is 1. The number of nitrogens with zero attached hydrogens (tertiary/aromatic N) is 3. The first-order valence-electron chi connectivity index (χ1n) is 5.57. The van der Waals surface area contributed by atoms with Gasteiger partial charge in [-0.15, -0.1) is 5.10 Å². The lowest BCUT2D eigenvalue weighted by atomic mass is 10.2. The number of benzene rings is 1. The second-order valence-corrected chi connectivity index (χ2v) is 4.75. The summed E-state index contributed by atoms with van der Waals surface area (Å²) in [7, 11) is 1.21. The van der Waals surface area contributed by atoms with E-state index >= 15 is 0 Å². The number of nitro benzene ring substituents is 1. The summed E-state index contributed by atoms with van der Waals surface area (Å²) in [5.74, 6) is -0.860. The van der Waals surface area contributed by atoms with Crippen LogP contribution in [-0.4, -0.2) is 35.1 Å². The molecule has 0 aromatic heterocycles. The molecule has 0 spiro atoms. The van der Waals surface area contributed by atoms with E-state index in [1.54, 1.807) is 0 Å². The molecule has 0 bridgehead atoms. The molecule has 1 fully saturated rings. The van der Waals surface area contributed by atoms with Gasteiger partial charge in [-0.25, -0.2) is 4.39 Å². The third-order valence-electron chi connectivity index (χ3n) is 2.43. The summed E-state index contributed by atoms with van der Waals surface area (Å²) >= 11 is 1.16. The van der Waals surface area contributed by atoms with Crippen molar-refractivity contribution in [1.29, 1.82) is 0 Å². The Morgan fingerprint density at radius 3 is 2.90 bits per heavy atom. The summed E-state index contributed by atoms with van der Waals surface area (Å²) in [6.07, 6.45) is 1.03. The van der Waals surface area contributed by atoms with Gasteiger partial charge in [0.2, 0.25) is 5.91 Å². The van der Waals surface area contributed by atoms with Crippen LogP contribution in [-0.2, 0) is 4.79 Å². The second kappa shape index (κ2) is 6.31. The number of halogens is 1. The highest BCUT2D eigenvalue weighted by Gasteiger charge is 2.19. The Hall–Kier alpha value is -2.49. The van der Waals surface area contributed by atoms with Crippen LogP contribution in [0.3, 0.4) is 0 Å². The zero-order chi connectivity index (χ0) is 15.4. The Morgan fingerprint density at radius 1 is 1.57 bits per heavy atom. The zero-order valence-electron chi connectivity index (χ0n) is 10.7. The number of rotatable bonds is 4. The molecule has 8 nitrogen and oxygen atoms in total. The molecule has 1 aliphatic rings. The van der Waals surface area contributed by atoms with Gasteiger partial charge in [0.05, 0.1) is 24.0 Å². The Labute approximate surface area is 122 Å². The van der Waals surface area contributed by atoms with Gasteiger partial charge in [-0.2, -0.15) is 5.10 Å². The van der Waals surface area contributed by atoms with Crippen molar-refractivity contribution < 1.29 is 18.8 Å². The molecule has 1 N–H and O–H groups in total. The average Bonchev–Trinajstić information content (AvgIpc) is 2.85. The van der Waals surface area contributed by atoms with Crippen molar-refractivity contribution in [3.05, 3.63) is 33.6 Å². The monoisotopic (exact) mass is 312 g/mol. The number of carbonyl (C=O) groups is 1. The van der Waals surface area contributed by atoms with Crippen molar-refractivity contribution in [2.75, 3.05) is 12.9 Å². The number of hydrogen-bond donors (Lipinski definition) is 1. The highest BCUT2D eigenvalue weighted by Crippen LogP contribution is 2.29. The molecule has 110 valence electrons. The first-order valence-corrected chi connectivity index (χ1v) is 6.55. The summed E-state index contributed by atoms with van der Waals surface area (Å²) in [6, 6.07) is 1.90. The lowest BCUT2D eigenvalue weighted by Crippen LogP contribution is -2.19. The van der Waals surface area contributed by atoms with Gasteiger partial charge in [-0.1, -0.05) is 11.8 Å². The van der Waals surface area contributed by atoms with Gasteiger partial charge in [0.15, 0.2) is 10.9 Å². The Bertz CT molecular complexity index is 662. The molecule has 0 unspecified atom stereocenters. The minimum absolute atomic E-state index is 0.110. The van der Waals surface area contributed by atoms with Gasteiger partial charge in [0.25, 0.3) is 0 Å². The summed E-state index contributed by atoms with van der Waals surface area (Å²) in [4.78, 5) is 21.1. The van der Waals surface area contributed by atoms with Crippen LogP contribution in [0.4, 0.5) is 10.1 Å². The number of thioether (sulfide) groups is 1. The minimum Gasteiger partial charge on any atom is -0.490 e. The molecule has 0 atom stereocenters. The Morgan fingerprint density at radius 2 is 2.33 bits per heavy atom. The van der Waals surface area contributed by atoms with E-state index in [-0.39, 0.29) is 28.7 Å². The molecule has 1 aromatic rings. The van der Waals surface area contributed by atoms with Crippen molar-refractivity contribution in [2.24, 2.45) is 10.2 Å². The van der Waals surface area contributed by atoms with Gasteiger partial charge in [-0.3, -0.25) is 14.9 Å². The van der Waals surface area contributed by atoms with Crippen molar-refractivity contribution in [3.8, 4) is 5.75 Å². The highest BCUT2D eigenvalue weighted by atomic mass is 32.2. The maximum Gasteiger partial charge on any atom is 0.311 e. The predicted molar refractivity (Wildman–Crippen MR) is 75.2 cm³/mol. The Balaban J connectivity index is 2.25. The lowest BCUT2D eigenvalue weighted by Gasteiger charge is -2.03. The second-order valence-electron chi connectivity index (χ2n) is 3.79. The fraction of sp³-hybridized carbons (Fsp3) is 0.182. The van der Waals surface area contributed by atoms with Crippen molar-refractivity contribution in [2.45, 2.75) is 0 Å². The van der Waals surface area contributed by atoms with Crippen LogP contribution in [0.2, 0.25) is 0 Å². The van der Waals surface area contributed by atoms with E-state index in [4.69, 9.17) is 4.74 Å². The first kappa shape index (κ1) is 14.9. The molecular weight excluding hydrogens is 303 g/mol. The minimum atomic E-state index is -0.732. The number of carbonyl (C=O) groups excluding carboxylic acids is 1. The van der Waals surface area contributed by atoms with Gasteiger partial charge in [0.1, 0.15) is 5.82 Å². The van der Waals surface area contributed by atoms with Gasteiger partial charge >= 0.3 is 5.69 Å². The Kier molecular flexibility index (Phi) is 4.48. The molecule has 2 rings (SSSR count). The molecule has 1 amide bonds. The molecule has 1 aliphatic heterocycles. The summed E-state index contributed by atoms with van der Waals surface area (Å²) < 4.78 is 18.5. The van der Waals surface area contributed by atoms with Crippen LogP contribution in [0.5, 0.6) is 5.75 Å². The van der Waals surface area contributed by atoms with Crippen LogP contribution in [0.25, 0.3) is 0 Å². The van der Waals surface area contributed by atoms with E-state index in [1.807, 2.05) is 0 Å². The maximum absolute atomic E-state index is 13.7. The normalized spacial score (nSPS) is 16.5. The van der Waals surface area contributed by atoms with Crippen molar-refractivity contribution >= 4 is 34.7 Å². The first-order chi connectivity index (χ1) is 10.0. The molecule has 10 heteroatoms. The number of nitro groups is 1. The van der Waals surface area contributed by atoms with E-state index < -0.39 is 10.7 Å². The summed E-state index contributed by atoms with van der Waals surface area (Å²) in [5, 5.41) is 20.9. The number of ether oxygens (including phenoxy) is 1. The fourth-order valence-electron chi connectivity index (χ4n) is 1.49. The topological polar surface area (TPSA) is 106 Å². The third kappa shape index (κ3) is 3.54. The number of amidine groups is 1. The fourth-order valence-corrected chi connectivity index (χ4v) is 2.12. The molecule has 1 heterocycles. The van der Waals surface area contributed by atoms with Gasteiger partial charge < -0.3 is 10.1 Å². The van der Waals surface area contributed by atoms with Crippen molar-refractivity contribution in [1.82, 2.24) is 5.32 Å². The molecule has 0 saturated carbocycles. The third-order valence-corrected chi connectivity index (χ3v) is 3.29. The summed E-state index contributed by atoms with van der Waals surface area (Å²) in [6.45, 7) is 0. The molecular formula is C11H9FN4O4S. The smallest absolute Gasteiger partial charge is 0.311 e. The SMILES string of the molecule is COc1cc(F)c(C=NN=C2NC(=O)CS2)cc1[N+](=O)[O-]. The highest BCUT2D eigenvalue weighted by molar-refractivity contribution is 8.15. The zero-order valence-corrected chi connectivity index (χ0v) is 11.5. The van der Waals surface area contributed by atoms with E-state index in [9.17, 15) is 19.3 Å². The van der Waals surface area contributed by atoms with Crippen molar-refractivity contribution in [3.63, 3.8) is 0 Å². The predicted octanol–water partition coefficient (Wildman–Crippen LogP) is 1.30. The summed E-state index contributed by atoms with van der Waals surface area (Å²) in [5.41, 5.74) is -0.488. The number of nitrogens with one attached hydrogen (secondary N) is 1. The van der Waals surface area contributed by atoms with Crippen LogP contribution < -0.4 is 10.1 Å². The number of methoxy groups -OCH3 is 1. The lowest BCUT2D eigenvalue weighted by molar-refractivity contribution is -0.385.